The molecule has 0 spiro atoms. The summed E-state index contributed by atoms with van der Waals surface area (Å²) in [4.78, 5) is 20.2. The SMILES string of the molecule is O=C(NCC1(c2ccc(Cl)nc2)CCCCC1)c1ccc2[nH]ccc2c1Cl. The van der Waals surface area contributed by atoms with E-state index < -0.39 is 0 Å². The van der Waals surface area contributed by atoms with Gasteiger partial charge >= 0.3 is 0 Å². The van der Waals surface area contributed by atoms with Gasteiger partial charge in [0.1, 0.15) is 5.15 Å². The summed E-state index contributed by atoms with van der Waals surface area (Å²) in [5, 5.41) is 4.96. The summed E-state index contributed by atoms with van der Waals surface area (Å²) in [5.74, 6) is -0.144. The Morgan fingerprint density at radius 1 is 1.11 bits per heavy atom. The summed E-state index contributed by atoms with van der Waals surface area (Å²) < 4.78 is 0. The van der Waals surface area contributed by atoms with Crippen molar-refractivity contribution in [2.45, 2.75) is 37.5 Å². The summed E-state index contributed by atoms with van der Waals surface area (Å²) >= 11 is 12.4. The number of pyridine rings is 1. The lowest BCUT2D eigenvalue weighted by Crippen LogP contribution is -2.42. The van der Waals surface area contributed by atoms with Gasteiger partial charge in [-0.25, -0.2) is 4.98 Å². The lowest BCUT2D eigenvalue weighted by molar-refractivity contribution is 0.0937. The predicted octanol–water partition coefficient (Wildman–Crippen LogP) is 5.50. The van der Waals surface area contributed by atoms with Crippen LogP contribution in [0, 0.1) is 0 Å². The first kappa shape index (κ1) is 18.3. The molecule has 1 fully saturated rings. The maximum Gasteiger partial charge on any atom is 0.252 e. The Balaban J connectivity index is 1.57. The number of carbonyl (C=O) groups is 1. The Morgan fingerprint density at radius 3 is 2.67 bits per heavy atom. The largest absolute Gasteiger partial charge is 0.361 e. The first-order valence-electron chi connectivity index (χ1n) is 9.25. The lowest BCUT2D eigenvalue weighted by Gasteiger charge is -2.38. The van der Waals surface area contributed by atoms with E-state index in [0.29, 0.717) is 22.3 Å². The molecule has 4 nitrogen and oxygen atoms in total. The van der Waals surface area contributed by atoms with E-state index in [-0.39, 0.29) is 11.3 Å². The molecular weight excluding hydrogens is 381 g/mol. The third kappa shape index (κ3) is 3.56. The second-order valence-electron chi connectivity index (χ2n) is 7.26. The Kier molecular flexibility index (Phi) is 5.11. The minimum absolute atomic E-state index is 0.101. The molecule has 2 heterocycles. The van der Waals surface area contributed by atoms with Crippen molar-refractivity contribution in [3.05, 3.63) is 64.0 Å². The minimum atomic E-state index is -0.144. The molecule has 1 aliphatic rings. The highest BCUT2D eigenvalue weighted by Crippen LogP contribution is 2.39. The van der Waals surface area contributed by atoms with Crippen LogP contribution in [0.15, 0.2) is 42.7 Å². The van der Waals surface area contributed by atoms with Crippen LogP contribution >= 0.6 is 23.2 Å². The molecule has 0 atom stereocenters. The number of hydrogen-bond donors (Lipinski definition) is 2. The molecule has 4 rings (SSSR count). The number of aromatic nitrogens is 2. The number of H-pyrrole nitrogens is 1. The van der Waals surface area contributed by atoms with Crippen molar-refractivity contribution in [1.82, 2.24) is 15.3 Å². The molecule has 0 radical (unpaired) electrons. The van der Waals surface area contributed by atoms with Crippen LogP contribution in [0.1, 0.15) is 48.0 Å². The third-order valence-electron chi connectivity index (χ3n) is 5.65. The number of amides is 1. The van der Waals surface area contributed by atoms with E-state index in [0.717, 1.165) is 42.1 Å². The fourth-order valence-electron chi connectivity index (χ4n) is 4.10. The molecule has 1 amide bonds. The molecule has 6 heteroatoms. The Labute approximate surface area is 168 Å². The van der Waals surface area contributed by atoms with Gasteiger partial charge < -0.3 is 10.3 Å². The molecule has 0 aliphatic heterocycles. The van der Waals surface area contributed by atoms with Crippen molar-refractivity contribution in [3.8, 4) is 0 Å². The molecule has 140 valence electrons. The molecule has 3 aromatic rings. The first-order chi connectivity index (χ1) is 13.1. The van der Waals surface area contributed by atoms with E-state index in [1.807, 2.05) is 36.7 Å². The van der Waals surface area contributed by atoms with Gasteiger partial charge in [0, 0.05) is 35.3 Å². The number of carbonyl (C=O) groups excluding carboxylic acids is 1. The van der Waals surface area contributed by atoms with Crippen LogP contribution in [-0.2, 0) is 5.41 Å². The summed E-state index contributed by atoms with van der Waals surface area (Å²) in [7, 11) is 0. The summed E-state index contributed by atoms with van der Waals surface area (Å²) in [5.41, 5.74) is 2.46. The average molecular weight is 402 g/mol. The zero-order chi connectivity index (χ0) is 18.9. The van der Waals surface area contributed by atoms with Crippen LogP contribution < -0.4 is 5.32 Å². The third-order valence-corrected chi connectivity index (χ3v) is 6.28. The minimum Gasteiger partial charge on any atom is -0.361 e. The van der Waals surface area contributed by atoms with Crippen LogP contribution in [0.3, 0.4) is 0 Å². The molecule has 1 saturated carbocycles. The topological polar surface area (TPSA) is 57.8 Å². The summed E-state index contributed by atoms with van der Waals surface area (Å²) in [6.45, 7) is 0.566. The summed E-state index contributed by atoms with van der Waals surface area (Å²) in [6.07, 6.45) is 9.25. The van der Waals surface area contributed by atoms with Gasteiger partial charge in [0.2, 0.25) is 0 Å². The van der Waals surface area contributed by atoms with Crippen LogP contribution in [0.25, 0.3) is 10.9 Å². The maximum absolute atomic E-state index is 12.9. The highest BCUT2D eigenvalue weighted by atomic mass is 35.5. The Bertz CT molecular complexity index is 959. The van der Waals surface area contributed by atoms with Crippen LogP contribution in [0.5, 0.6) is 0 Å². The van der Waals surface area contributed by atoms with Gasteiger partial charge in [-0.05, 0) is 42.7 Å². The van der Waals surface area contributed by atoms with E-state index in [4.69, 9.17) is 23.2 Å². The van der Waals surface area contributed by atoms with E-state index in [2.05, 4.69) is 15.3 Å². The van der Waals surface area contributed by atoms with Crippen LogP contribution in [-0.4, -0.2) is 22.4 Å². The number of halogens is 2. The number of fused-ring (bicyclic) bond motifs is 1. The van der Waals surface area contributed by atoms with E-state index in [9.17, 15) is 4.79 Å². The molecule has 1 aliphatic carbocycles. The van der Waals surface area contributed by atoms with Crippen LogP contribution in [0.4, 0.5) is 0 Å². The zero-order valence-corrected chi connectivity index (χ0v) is 16.4. The van der Waals surface area contributed by atoms with Crippen LogP contribution in [0.2, 0.25) is 10.2 Å². The number of nitrogens with zero attached hydrogens (tertiary/aromatic N) is 1. The zero-order valence-electron chi connectivity index (χ0n) is 14.9. The Morgan fingerprint density at radius 2 is 1.93 bits per heavy atom. The van der Waals surface area contributed by atoms with Crippen molar-refractivity contribution in [3.63, 3.8) is 0 Å². The highest BCUT2D eigenvalue weighted by Gasteiger charge is 2.34. The highest BCUT2D eigenvalue weighted by molar-refractivity contribution is 6.38. The quantitative estimate of drug-likeness (QED) is 0.566. The van der Waals surface area contributed by atoms with Gasteiger partial charge in [0.15, 0.2) is 0 Å². The lowest BCUT2D eigenvalue weighted by atomic mass is 9.70. The second kappa shape index (κ2) is 7.53. The molecule has 2 aromatic heterocycles. The second-order valence-corrected chi connectivity index (χ2v) is 8.02. The van der Waals surface area contributed by atoms with Gasteiger partial charge in [-0.2, -0.15) is 0 Å². The molecule has 0 saturated heterocycles. The molecule has 27 heavy (non-hydrogen) atoms. The van der Waals surface area contributed by atoms with Crippen molar-refractivity contribution in [1.29, 1.82) is 0 Å². The Hall–Kier alpha value is -2.04. The normalized spacial score (nSPS) is 16.4. The smallest absolute Gasteiger partial charge is 0.252 e. The fraction of sp³-hybridized carbons (Fsp3) is 0.333. The van der Waals surface area contributed by atoms with Crippen molar-refractivity contribution in [2.75, 3.05) is 6.54 Å². The molecule has 0 bridgehead atoms. The summed E-state index contributed by atoms with van der Waals surface area (Å²) in [6, 6.07) is 9.40. The number of nitrogens with one attached hydrogen (secondary N) is 2. The van der Waals surface area contributed by atoms with Gasteiger partial charge in [-0.1, -0.05) is 48.5 Å². The predicted molar refractivity (Wildman–Crippen MR) is 110 cm³/mol. The molecular formula is C21H21Cl2N3O. The van der Waals surface area contributed by atoms with E-state index in [1.165, 1.54) is 6.42 Å². The molecule has 0 unspecified atom stereocenters. The van der Waals surface area contributed by atoms with Gasteiger partial charge in [0.25, 0.3) is 5.91 Å². The van der Waals surface area contributed by atoms with Crippen molar-refractivity contribution in [2.24, 2.45) is 0 Å². The fourth-order valence-corrected chi connectivity index (χ4v) is 4.53. The standard InChI is InChI=1S/C21H21Cl2N3O/c22-18-7-4-14(12-25-18)21(9-2-1-3-10-21)13-26-20(27)16-5-6-17-15(19(16)23)8-11-24-17/h4-8,11-12,24H,1-3,9-10,13H2,(H,26,27). The average Bonchev–Trinajstić information content (AvgIpc) is 3.17. The van der Waals surface area contributed by atoms with E-state index in [1.54, 1.807) is 6.07 Å². The molecule has 2 N–H and O–H groups in total. The van der Waals surface area contributed by atoms with Gasteiger partial charge in [0.05, 0.1) is 10.6 Å². The van der Waals surface area contributed by atoms with E-state index >= 15 is 0 Å². The number of hydrogen-bond acceptors (Lipinski definition) is 2. The first-order valence-corrected chi connectivity index (χ1v) is 10.0. The number of aromatic amines is 1. The number of rotatable bonds is 4. The monoisotopic (exact) mass is 401 g/mol. The van der Waals surface area contributed by atoms with Gasteiger partial charge in [-0.15, -0.1) is 0 Å². The molecule has 1 aromatic carbocycles. The van der Waals surface area contributed by atoms with Crippen molar-refractivity contribution >= 4 is 40.0 Å². The maximum atomic E-state index is 12.9. The van der Waals surface area contributed by atoms with Gasteiger partial charge in [-0.3, -0.25) is 4.79 Å². The van der Waals surface area contributed by atoms with Crippen molar-refractivity contribution < 1.29 is 4.79 Å². The number of benzene rings is 1.